The molecule has 0 bridgehead atoms. The van der Waals surface area contributed by atoms with E-state index in [0.717, 1.165) is 41.8 Å². The molecule has 0 aliphatic heterocycles. The van der Waals surface area contributed by atoms with E-state index in [9.17, 15) is 5.26 Å². The Morgan fingerprint density at radius 1 is 1.38 bits per heavy atom. The Hall–Kier alpha value is -2.54. The Bertz CT molecular complexity index is 728. The minimum absolute atomic E-state index is 0.622. The standard InChI is InChI=1S/C17H18N4/c1-11-13(5-2-6-15(11)19)10-20-17-14(9-18)8-12-4-3-7-16(12)21-17/h2,5-6,8H,3-4,7,10,19H2,1H3,(H,20,21). The van der Waals surface area contributed by atoms with E-state index in [2.05, 4.69) is 16.4 Å². The number of fused-ring (bicyclic) bond motifs is 1. The van der Waals surface area contributed by atoms with E-state index in [4.69, 9.17) is 5.73 Å². The summed E-state index contributed by atoms with van der Waals surface area (Å²) in [5, 5.41) is 12.6. The SMILES string of the molecule is Cc1c(N)cccc1CNc1nc2c(cc1C#N)CCC2. The fourth-order valence-corrected chi connectivity index (χ4v) is 2.77. The third-order valence-corrected chi connectivity index (χ3v) is 4.11. The number of aryl methyl sites for hydroxylation is 2. The lowest BCUT2D eigenvalue weighted by Gasteiger charge is -2.12. The fraction of sp³-hybridized carbons (Fsp3) is 0.294. The van der Waals surface area contributed by atoms with Crippen molar-refractivity contribution in [2.75, 3.05) is 11.1 Å². The van der Waals surface area contributed by atoms with Crippen LogP contribution in [-0.2, 0) is 19.4 Å². The van der Waals surface area contributed by atoms with Gasteiger partial charge >= 0.3 is 0 Å². The Morgan fingerprint density at radius 3 is 3.05 bits per heavy atom. The van der Waals surface area contributed by atoms with Crippen molar-refractivity contribution >= 4 is 11.5 Å². The van der Waals surface area contributed by atoms with Crippen LogP contribution in [0.3, 0.4) is 0 Å². The van der Waals surface area contributed by atoms with Gasteiger partial charge in [-0.15, -0.1) is 0 Å². The lowest BCUT2D eigenvalue weighted by molar-refractivity contribution is 0.899. The number of nitriles is 1. The summed E-state index contributed by atoms with van der Waals surface area (Å²) in [5.74, 6) is 0.681. The molecule has 106 valence electrons. The largest absolute Gasteiger partial charge is 0.399 e. The predicted molar refractivity (Wildman–Crippen MR) is 83.9 cm³/mol. The highest BCUT2D eigenvalue weighted by Gasteiger charge is 2.16. The molecule has 0 saturated heterocycles. The highest BCUT2D eigenvalue weighted by molar-refractivity contribution is 5.56. The van der Waals surface area contributed by atoms with Gasteiger partial charge in [0.1, 0.15) is 11.9 Å². The summed E-state index contributed by atoms with van der Waals surface area (Å²) in [4.78, 5) is 4.63. The summed E-state index contributed by atoms with van der Waals surface area (Å²) in [6.45, 7) is 2.63. The lowest BCUT2D eigenvalue weighted by Crippen LogP contribution is -2.07. The molecular formula is C17H18N4. The number of pyridine rings is 1. The van der Waals surface area contributed by atoms with Crippen molar-refractivity contribution in [2.24, 2.45) is 0 Å². The Morgan fingerprint density at radius 2 is 2.24 bits per heavy atom. The number of anilines is 2. The molecule has 3 rings (SSSR count). The van der Waals surface area contributed by atoms with Gasteiger partial charge < -0.3 is 11.1 Å². The number of benzene rings is 1. The summed E-state index contributed by atoms with van der Waals surface area (Å²) in [6.07, 6.45) is 3.17. The van der Waals surface area contributed by atoms with Gasteiger partial charge in [0.2, 0.25) is 0 Å². The first kappa shape index (κ1) is 13.4. The lowest BCUT2D eigenvalue weighted by atomic mass is 10.1. The molecule has 0 spiro atoms. The number of hydrogen-bond acceptors (Lipinski definition) is 4. The van der Waals surface area contributed by atoms with E-state index in [-0.39, 0.29) is 0 Å². The average molecular weight is 278 g/mol. The van der Waals surface area contributed by atoms with Crippen LogP contribution < -0.4 is 11.1 Å². The summed E-state index contributed by atoms with van der Waals surface area (Å²) in [7, 11) is 0. The molecule has 1 aromatic heterocycles. The molecule has 0 atom stereocenters. The quantitative estimate of drug-likeness (QED) is 0.846. The first-order valence-corrected chi connectivity index (χ1v) is 7.20. The molecule has 3 N–H and O–H groups in total. The number of aromatic nitrogens is 1. The summed E-state index contributed by atoms with van der Waals surface area (Å²) in [6, 6.07) is 10.1. The molecule has 1 heterocycles. The van der Waals surface area contributed by atoms with Gasteiger partial charge in [0.15, 0.2) is 0 Å². The molecule has 0 saturated carbocycles. The van der Waals surface area contributed by atoms with Crippen LogP contribution in [0.5, 0.6) is 0 Å². The minimum atomic E-state index is 0.622. The van der Waals surface area contributed by atoms with Gasteiger partial charge in [-0.25, -0.2) is 4.98 Å². The van der Waals surface area contributed by atoms with E-state index in [1.54, 1.807) is 0 Å². The third kappa shape index (κ3) is 2.55. The molecule has 4 nitrogen and oxygen atoms in total. The maximum atomic E-state index is 9.30. The van der Waals surface area contributed by atoms with Crippen molar-refractivity contribution in [1.29, 1.82) is 5.26 Å². The van der Waals surface area contributed by atoms with Crippen LogP contribution in [0.4, 0.5) is 11.5 Å². The second-order valence-corrected chi connectivity index (χ2v) is 5.44. The van der Waals surface area contributed by atoms with Crippen LogP contribution in [0, 0.1) is 18.3 Å². The molecule has 0 fully saturated rings. The molecule has 0 amide bonds. The van der Waals surface area contributed by atoms with E-state index in [1.165, 1.54) is 5.56 Å². The van der Waals surface area contributed by atoms with Crippen molar-refractivity contribution in [3.63, 3.8) is 0 Å². The van der Waals surface area contributed by atoms with Gasteiger partial charge in [-0.2, -0.15) is 5.26 Å². The first-order chi connectivity index (χ1) is 10.2. The Kier molecular flexibility index (Phi) is 3.49. The predicted octanol–water partition coefficient (Wildman–Crippen LogP) is 2.94. The van der Waals surface area contributed by atoms with Crippen molar-refractivity contribution in [2.45, 2.75) is 32.7 Å². The highest BCUT2D eigenvalue weighted by Crippen LogP contribution is 2.25. The molecule has 0 unspecified atom stereocenters. The van der Waals surface area contributed by atoms with Gasteiger partial charge in [-0.3, -0.25) is 0 Å². The van der Waals surface area contributed by atoms with Crippen molar-refractivity contribution < 1.29 is 0 Å². The van der Waals surface area contributed by atoms with Crippen molar-refractivity contribution in [3.8, 4) is 6.07 Å². The Labute approximate surface area is 124 Å². The average Bonchev–Trinajstić information content (AvgIpc) is 2.95. The van der Waals surface area contributed by atoms with Crippen LogP contribution in [-0.4, -0.2) is 4.98 Å². The maximum Gasteiger partial charge on any atom is 0.144 e. The zero-order chi connectivity index (χ0) is 14.8. The Balaban J connectivity index is 1.85. The van der Waals surface area contributed by atoms with E-state index < -0.39 is 0 Å². The maximum absolute atomic E-state index is 9.30. The molecule has 2 aromatic rings. The molecule has 1 aromatic carbocycles. The third-order valence-electron chi connectivity index (χ3n) is 4.11. The molecular weight excluding hydrogens is 260 g/mol. The van der Waals surface area contributed by atoms with E-state index in [1.807, 2.05) is 31.2 Å². The van der Waals surface area contributed by atoms with Crippen molar-refractivity contribution in [3.05, 3.63) is 52.2 Å². The number of hydrogen-bond donors (Lipinski definition) is 2. The van der Waals surface area contributed by atoms with Gasteiger partial charge in [0.05, 0.1) is 5.56 Å². The zero-order valence-corrected chi connectivity index (χ0v) is 12.1. The highest BCUT2D eigenvalue weighted by atomic mass is 15.0. The van der Waals surface area contributed by atoms with Gasteiger partial charge in [0.25, 0.3) is 0 Å². The monoisotopic (exact) mass is 278 g/mol. The van der Waals surface area contributed by atoms with Crippen LogP contribution in [0.1, 0.15) is 34.4 Å². The molecule has 1 aliphatic rings. The van der Waals surface area contributed by atoms with Crippen molar-refractivity contribution in [1.82, 2.24) is 4.98 Å². The topological polar surface area (TPSA) is 74.7 Å². The van der Waals surface area contributed by atoms with Crippen LogP contribution in [0.2, 0.25) is 0 Å². The summed E-state index contributed by atoms with van der Waals surface area (Å²) >= 11 is 0. The van der Waals surface area contributed by atoms with Crippen LogP contribution >= 0.6 is 0 Å². The summed E-state index contributed by atoms with van der Waals surface area (Å²) < 4.78 is 0. The van der Waals surface area contributed by atoms with Crippen LogP contribution in [0.25, 0.3) is 0 Å². The first-order valence-electron chi connectivity index (χ1n) is 7.20. The second kappa shape index (κ2) is 5.45. The smallest absolute Gasteiger partial charge is 0.144 e. The molecule has 21 heavy (non-hydrogen) atoms. The number of nitrogens with two attached hydrogens (primary N) is 1. The van der Waals surface area contributed by atoms with Gasteiger partial charge in [-0.05, 0) is 55.0 Å². The van der Waals surface area contributed by atoms with E-state index >= 15 is 0 Å². The number of nitrogens with one attached hydrogen (secondary N) is 1. The molecule has 0 radical (unpaired) electrons. The zero-order valence-electron chi connectivity index (χ0n) is 12.1. The van der Waals surface area contributed by atoms with Gasteiger partial charge in [0, 0.05) is 17.9 Å². The van der Waals surface area contributed by atoms with E-state index in [0.29, 0.717) is 17.9 Å². The normalized spacial score (nSPS) is 12.8. The van der Waals surface area contributed by atoms with Gasteiger partial charge in [-0.1, -0.05) is 12.1 Å². The second-order valence-electron chi connectivity index (χ2n) is 5.44. The number of nitrogens with zero attached hydrogens (tertiary/aromatic N) is 2. The molecule has 4 heteroatoms. The summed E-state index contributed by atoms with van der Waals surface area (Å²) in [5.41, 5.74) is 11.9. The minimum Gasteiger partial charge on any atom is -0.399 e. The van der Waals surface area contributed by atoms with Crippen LogP contribution in [0.15, 0.2) is 24.3 Å². The fourth-order valence-electron chi connectivity index (χ4n) is 2.77. The number of nitrogen functional groups attached to an aromatic ring is 1. The molecule has 1 aliphatic carbocycles. The number of rotatable bonds is 3.